The summed E-state index contributed by atoms with van der Waals surface area (Å²) in [5.41, 5.74) is 3.28. The third-order valence-electron chi connectivity index (χ3n) is 2.72. The molecule has 0 unspecified atom stereocenters. The SMILES string of the molecule is CC(=O)NCCC=Cc1ccc(-c2ccn[nH]2)cc1. The number of benzene rings is 1. The number of carbonyl (C=O) groups is 1. The zero-order valence-electron chi connectivity index (χ0n) is 10.9. The second-order valence-corrected chi connectivity index (χ2v) is 4.27. The summed E-state index contributed by atoms with van der Waals surface area (Å²) in [5, 5.41) is 9.63. The molecule has 4 heteroatoms. The van der Waals surface area contributed by atoms with E-state index in [9.17, 15) is 4.79 Å². The summed E-state index contributed by atoms with van der Waals surface area (Å²) in [4.78, 5) is 10.7. The van der Waals surface area contributed by atoms with E-state index in [-0.39, 0.29) is 5.91 Å². The summed E-state index contributed by atoms with van der Waals surface area (Å²) in [6.45, 7) is 2.20. The maximum Gasteiger partial charge on any atom is 0.216 e. The first-order valence-electron chi connectivity index (χ1n) is 6.26. The third kappa shape index (κ3) is 4.10. The number of nitrogens with zero attached hydrogens (tertiary/aromatic N) is 1. The van der Waals surface area contributed by atoms with Gasteiger partial charge in [-0.15, -0.1) is 0 Å². The minimum Gasteiger partial charge on any atom is -0.356 e. The van der Waals surface area contributed by atoms with Gasteiger partial charge in [-0.1, -0.05) is 36.4 Å². The van der Waals surface area contributed by atoms with Gasteiger partial charge in [-0.05, 0) is 23.6 Å². The molecule has 0 aliphatic carbocycles. The van der Waals surface area contributed by atoms with Gasteiger partial charge < -0.3 is 5.32 Å². The number of aromatic nitrogens is 2. The van der Waals surface area contributed by atoms with Crippen LogP contribution in [0.4, 0.5) is 0 Å². The maximum atomic E-state index is 10.7. The molecular formula is C15H17N3O. The zero-order valence-corrected chi connectivity index (χ0v) is 10.9. The van der Waals surface area contributed by atoms with Gasteiger partial charge in [0.1, 0.15) is 0 Å². The zero-order chi connectivity index (χ0) is 13.5. The molecule has 0 radical (unpaired) electrons. The molecule has 0 atom stereocenters. The van der Waals surface area contributed by atoms with Gasteiger partial charge in [0, 0.05) is 19.7 Å². The monoisotopic (exact) mass is 255 g/mol. The fourth-order valence-electron chi connectivity index (χ4n) is 1.74. The van der Waals surface area contributed by atoms with Gasteiger partial charge in [0.15, 0.2) is 0 Å². The van der Waals surface area contributed by atoms with E-state index in [0.29, 0.717) is 6.54 Å². The quantitative estimate of drug-likeness (QED) is 0.807. The van der Waals surface area contributed by atoms with Gasteiger partial charge in [-0.3, -0.25) is 9.89 Å². The summed E-state index contributed by atoms with van der Waals surface area (Å²) in [6, 6.07) is 10.2. The van der Waals surface area contributed by atoms with Crippen LogP contribution in [0, 0.1) is 0 Å². The van der Waals surface area contributed by atoms with E-state index in [1.807, 2.05) is 6.07 Å². The lowest BCUT2D eigenvalue weighted by molar-refractivity contribution is -0.118. The van der Waals surface area contributed by atoms with Crippen molar-refractivity contribution >= 4 is 12.0 Å². The predicted molar refractivity (Wildman–Crippen MR) is 76.4 cm³/mol. The number of carbonyl (C=O) groups excluding carboxylic acids is 1. The highest BCUT2D eigenvalue weighted by molar-refractivity contribution is 5.72. The van der Waals surface area contributed by atoms with Crippen molar-refractivity contribution in [2.75, 3.05) is 6.54 Å². The number of nitrogens with one attached hydrogen (secondary N) is 2. The van der Waals surface area contributed by atoms with Gasteiger partial charge >= 0.3 is 0 Å². The van der Waals surface area contributed by atoms with E-state index in [0.717, 1.165) is 23.2 Å². The highest BCUT2D eigenvalue weighted by Crippen LogP contribution is 2.17. The van der Waals surface area contributed by atoms with E-state index in [1.165, 1.54) is 6.92 Å². The Labute approximate surface area is 112 Å². The summed E-state index contributed by atoms with van der Waals surface area (Å²) in [7, 11) is 0. The number of H-pyrrole nitrogens is 1. The van der Waals surface area contributed by atoms with Crippen LogP contribution in [-0.4, -0.2) is 22.6 Å². The summed E-state index contributed by atoms with van der Waals surface area (Å²) in [5.74, 6) is 0.0114. The van der Waals surface area contributed by atoms with E-state index in [4.69, 9.17) is 0 Å². The van der Waals surface area contributed by atoms with Crippen molar-refractivity contribution in [3.8, 4) is 11.3 Å². The van der Waals surface area contributed by atoms with Crippen molar-refractivity contribution in [3.63, 3.8) is 0 Å². The summed E-state index contributed by atoms with van der Waals surface area (Å²) < 4.78 is 0. The van der Waals surface area contributed by atoms with E-state index >= 15 is 0 Å². The van der Waals surface area contributed by atoms with Crippen molar-refractivity contribution in [2.24, 2.45) is 0 Å². The highest BCUT2D eigenvalue weighted by atomic mass is 16.1. The van der Waals surface area contributed by atoms with Crippen LogP contribution in [0.5, 0.6) is 0 Å². The topological polar surface area (TPSA) is 57.8 Å². The van der Waals surface area contributed by atoms with Gasteiger partial charge in [-0.25, -0.2) is 0 Å². The van der Waals surface area contributed by atoms with Crippen LogP contribution in [0.15, 0.2) is 42.6 Å². The van der Waals surface area contributed by atoms with E-state index in [1.54, 1.807) is 6.20 Å². The molecule has 1 aromatic carbocycles. The van der Waals surface area contributed by atoms with Crippen LogP contribution >= 0.6 is 0 Å². The molecule has 0 aliphatic heterocycles. The fraction of sp³-hybridized carbons (Fsp3) is 0.200. The molecule has 0 aliphatic rings. The molecule has 0 bridgehead atoms. The van der Waals surface area contributed by atoms with E-state index < -0.39 is 0 Å². The molecule has 19 heavy (non-hydrogen) atoms. The number of hydrogen-bond acceptors (Lipinski definition) is 2. The summed E-state index contributed by atoms with van der Waals surface area (Å²) in [6.07, 6.45) is 6.69. The third-order valence-corrected chi connectivity index (χ3v) is 2.72. The van der Waals surface area contributed by atoms with Crippen LogP contribution < -0.4 is 5.32 Å². The second kappa shape index (κ2) is 6.54. The average Bonchev–Trinajstić information content (AvgIpc) is 2.93. The van der Waals surface area contributed by atoms with Gasteiger partial charge in [-0.2, -0.15) is 5.10 Å². The smallest absolute Gasteiger partial charge is 0.216 e. The number of rotatable bonds is 5. The largest absolute Gasteiger partial charge is 0.356 e. The maximum absolute atomic E-state index is 10.7. The Kier molecular flexibility index (Phi) is 4.50. The molecule has 1 amide bonds. The Hall–Kier alpha value is -2.36. The van der Waals surface area contributed by atoms with Gasteiger partial charge in [0.05, 0.1) is 5.69 Å². The Morgan fingerprint density at radius 3 is 2.74 bits per heavy atom. The molecule has 4 nitrogen and oxygen atoms in total. The normalized spacial score (nSPS) is 10.8. The minimum atomic E-state index is 0.0114. The lowest BCUT2D eigenvalue weighted by Gasteiger charge is -1.99. The molecule has 0 spiro atoms. The molecule has 2 rings (SSSR count). The van der Waals surface area contributed by atoms with Crippen LogP contribution in [0.1, 0.15) is 18.9 Å². The fourth-order valence-corrected chi connectivity index (χ4v) is 1.74. The Balaban J connectivity index is 1.88. The molecule has 1 heterocycles. The van der Waals surface area contributed by atoms with Crippen molar-refractivity contribution < 1.29 is 4.79 Å². The first-order valence-corrected chi connectivity index (χ1v) is 6.26. The standard InChI is InChI=1S/C15H17N3O/c1-12(19)16-10-3-2-4-13-5-7-14(8-6-13)15-9-11-17-18-15/h2,4-9,11H,3,10H2,1H3,(H,16,19)(H,17,18). The Bertz CT molecular complexity index is 541. The van der Waals surface area contributed by atoms with Gasteiger partial charge in [0.25, 0.3) is 0 Å². The lowest BCUT2D eigenvalue weighted by atomic mass is 10.1. The van der Waals surface area contributed by atoms with Gasteiger partial charge in [0.2, 0.25) is 5.91 Å². The number of amides is 1. The molecule has 0 fully saturated rings. The van der Waals surface area contributed by atoms with E-state index in [2.05, 4.69) is 51.9 Å². The summed E-state index contributed by atoms with van der Waals surface area (Å²) >= 11 is 0. The first-order chi connectivity index (χ1) is 9.25. The predicted octanol–water partition coefficient (Wildman–Crippen LogP) is 2.62. The Morgan fingerprint density at radius 2 is 2.11 bits per heavy atom. The molecule has 0 saturated heterocycles. The molecule has 2 aromatic rings. The second-order valence-electron chi connectivity index (χ2n) is 4.27. The Morgan fingerprint density at radius 1 is 1.32 bits per heavy atom. The van der Waals surface area contributed by atoms with Crippen LogP contribution in [0.25, 0.3) is 17.3 Å². The van der Waals surface area contributed by atoms with Crippen LogP contribution in [0.2, 0.25) is 0 Å². The van der Waals surface area contributed by atoms with Crippen molar-refractivity contribution in [3.05, 3.63) is 48.2 Å². The first kappa shape index (κ1) is 13.1. The molecule has 98 valence electrons. The highest BCUT2D eigenvalue weighted by Gasteiger charge is 1.97. The number of hydrogen-bond donors (Lipinski definition) is 2. The van der Waals surface area contributed by atoms with Crippen LogP contribution in [-0.2, 0) is 4.79 Å². The molecule has 0 saturated carbocycles. The van der Waals surface area contributed by atoms with Crippen molar-refractivity contribution in [1.29, 1.82) is 0 Å². The van der Waals surface area contributed by atoms with Crippen molar-refractivity contribution in [1.82, 2.24) is 15.5 Å². The lowest BCUT2D eigenvalue weighted by Crippen LogP contribution is -2.20. The van der Waals surface area contributed by atoms with Crippen molar-refractivity contribution in [2.45, 2.75) is 13.3 Å². The number of aromatic amines is 1. The minimum absolute atomic E-state index is 0.0114. The molecule has 1 aromatic heterocycles. The molecule has 2 N–H and O–H groups in total. The molecular weight excluding hydrogens is 238 g/mol. The average molecular weight is 255 g/mol. The van der Waals surface area contributed by atoms with Crippen LogP contribution in [0.3, 0.4) is 0 Å².